The second kappa shape index (κ2) is 7.98. The maximum atomic E-state index is 12.5. The number of aromatic hydroxyl groups is 1. The molecule has 4 rings (SSSR count). The first-order valence-corrected chi connectivity index (χ1v) is 9.34. The van der Waals surface area contributed by atoms with E-state index in [1.807, 2.05) is 73.7 Å². The van der Waals surface area contributed by atoms with Crippen LogP contribution < -0.4 is 5.43 Å². The van der Waals surface area contributed by atoms with Gasteiger partial charge in [-0.2, -0.15) is 5.10 Å². The first-order valence-electron chi connectivity index (χ1n) is 9.34. The van der Waals surface area contributed by atoms with Gasteiger partial charge in [-0.15, -0.1) is 0 Å². The van der Waals surface area contributed by atoms with Crippen LogP contribution in [0.5, 0.6) is 5.75 Å². The van der Waals surface area contributed by atoms with Gasteiger partial charge in [0.05, 0.1) is 11.3 Å². The van der Waals surface area contributed by atoms with E-state index in [1.54, 1.807) is 12.1 Å². The highest BCUT2D eigenvalue weighted by atomic mass is 16.3. The minimum Gasteiger partial charge on any atom is -0.507 e. The molecule has 0 fully saturated rings. The molecular formula is C25H20N2O2. The van der Waals surface area contributed by atoms with Crippen LogP contribution in [0.3, 0.4) is 0 Å². The quantitative estimate of drug-likeness (QED) is 0.369. The molecule has 4 aromatic carbocycles. The summed E-state index contributed by atoms with van der Waals surface area (Å²) in [5, 5.41) is 16.1. The Morgan fingerprint density at radius 3 is 2.07 bits per heavy atom. The van der Waals surface area contributed by atoms with Gasteiger partial charge in [0.25, 0.3) is 5.91 Å². The Morgan fingerprint density at radius 1 is 0.793 bits per heavy atom. The van der Waals surface area contributed by atoms with Crippen molar-refractivity contribution in [2.24, 2.45) is 5.10 Å². The van der Waals surface area contributed by atoms with Gasteiger partial charge >= 0.3 is 0 Å². The van der Waals surface area contributed by atoms with Crippen molar-refractivity contribution in [2.75, 3.05) is 0 Å². The Labute approximate surface area is 169 Å². The van der Waals surface area contributed by atoms with Gasteiger partial charge in [0, 0.05) is 0 Å². The number of carbonyl (C=O) groups is 1. The highest BCUT2D eigenvalue weighted by Crippen LogP contribution is 2.25. The molecule has 0 bridgehead atoms. The maximum Gasteiger partial charge on any atom is 0.275 e. The van der Waals surface area contributed by atoms with Gasteiger partial charge in [-0.05, 0) is 46.5 Å². The number of hydrogen-bond donors (Lipinski definition) is 2. The second-order valence-electron chi connectivity index (χ2n) is 6.80. The number of hydrazone groups is 1. The van der Waals surface area contributed by atoms with Gasteiger partial charge in [0.2, 0.25) is 0 Å². The first-order chi connectivity index (χ1) is 14.1. The van der Waals surface area contributed by atoms with Crippen LogP contribution in [0.4, 0.5) is 0 Å². The smallest absolute Gasteiger partial charge is 0.275 e. The zero-order valence-corrected chi connectivity index (χ0v) is 16.0. The van der Waals surface area contributed by atoms with Crippen LogP contribution in [0.25, 0.3) is 21.9 Å². The highest BCUT2D eigenvalue weighted by molar-refractivity contribution is 6.03. The lowest BCUT2D eigenvalue weighted by Crippen LogP contribution is -2.19. The van der Waals surface area contributed by atoms with Gasteiger partial charge < -0.3 is 5.11 Å². The number of hydrogen-bond acceptors (Lipinski definition) is 3. The molecule has 0 spiro atoms. The molecule has 1 amide bonds. The molecule has 0 aliphatic rings. The Hall–Kier alpha value is -3.92. The summed E-state index contributed by atoms with van der Waals surface area (Å²) in [5.41, 5.74) is 6.59. The summed E-state index contributed by atoms with van der Waals surface area (Å²) in [4.78, 5) is 12.5. The SMILES string of the molecule is C/C(=N\NC(=O)c1cc2ccccc2cc1O)c1ccc(-c2ccccc2)cc1. The fraction of sp³-hybridized carbons (Fsp3) is 0.0400. The van der Waals surface area contributed by atoms with Gasteiger partial charge in [-0.3, -0.25) is 4.79 Å². The predicted octanol–water partition coefficient (Wildman–Crippen LogP) is 5.37. The van der Waals surface area contributed by atoms with Crippen molar-refractivity contribution in [2.45, 2.75) is 6.92 Å². The monoisotopic (exact) mass is 380 g/mol. The van der Waals surface area contributed by atoms with Crippen molar-refractivity contribution in [1.82, 2.24) is 5.43 Å². The fourth-order valence-electron chi connectivity index (χ4n) is 3.20. The molecule has 2 N–H and O–H groups in total. The predicted molar refractivity (Wildman–Crippen MR) is 117 cm³/mol. The Bertz CT molecular complexity index is 1200. The molecule has 4 aromatic rings. The van der Waals surface area contributed by atoms with Crippen LogP contribution >= 0.6 is 0 Å². The van der Waals surface area contributed by atoms with Crippen LogP contribution in [-0.4, -0.2) is 16.7 Å². The maximum absolute atomic E-state index is 12.5. The first kappa shape index (κ1) is 18.4. The van der Waals surface area contributed by atoms with Crippen LogP contribution in [0.1, 0.15) is 22.8 Å². The Balaban J connectivity index is 1.51. The van der Waals surface area contributed by atoms with Crippen LogP contribution in [-0.2, 0) is 0 Å². The second-order valence-corrected chi connectivity index (χ2v) is 6.80. The summed E-state index contributed by atoms with van der Waals surface area (Å²) >= 11 is 0. The molecule has 4 nitrogen and oxygen atoms in total. The van der Waals surface area contributed by atoms with Crippen molar-refractivity contribution in [3.05, 3.63) is 102 Å². The third-order valence-electron chi connectivity index (χ3n) is 4.84. The van der Waals surface area contributed by atoms with E-state index in [2.05, 4.69) is 22.7 Å². The van der Waals surface area contributed by atoms with Crippen LogP contribution in [0.2, 0.25) is 0 Å². The van der Waals surface area contributed by atoms with Gasteiger partial charge in [0.1, 0.15) is 5.75 Å². The number of fused-ring (bicyclic) bond motifs is 1. The average molecular weight is 380 g/mol. The fourth-order valence-corrected chi connectivity index (χ4v) is 3.20. The molecule has 0 atom stereocenters. The Morgan fingerprint density at radius 2 is 1.38 bits per heavy atom. The molecular weight excluding hydrogens is 360 g/mol. The van der Waals surface area contributed by atoms with E-state index < -0.39 is 5.91 Å². The number of carbonyl (C=O) groups excluding carboxylic acids is 1. The zero-order chi connectivity index (χ0) is 20.2. The topological polar surface area (TPSA) is 61.7 Å². The van der Waals surface area contributed by atoms with E-state index in [0.29, 0.717) is 5.71 Å². The largest absolute Gasteiger partial charge is 0.507 e. The van der Waals surface area contributed by atoms with Gasteiger partial charge in [0.15, 0.2) is 0 Å². The summed E-state index contributed by atoms with van der Waals surface area (Å²) < 4.78 is 0. The number of amides is 1. The third kappa shape index (κ3) is 4.01. The van der Waals surface area contributed by atoms with E-state index in [4.69, 9.17) is 0 Å². The number of phenols is 1. The molecule has 142 valence electrons. The molecule has 0 unspecified atom stereocenters. The van der Waals surface area contributed by atoms with Crippen LogP contribution in [0.15, 0.2) is 96.1 Å². The summed E-state index contributed by atoms with van der Waals surface area (Å²) in [5.74, 6) is -0.519. The number of rotatable bonds is 4. The molecule has 4 heteroatoms. The Kier molecular flexibility index (Phi) is 5.08. The van der Waals surface area contributed by atoms with E-state index in [0.717, 1.165) is 27.5 Å². The lowest BCUT2D eigenvalue weighted by Gasteiger charge is -2.07. The zero-order valence-electron chi connectivity index (χ0n) is 16.0. The van der Waals surface area contributed by atoms with Crippen molar-refractivity contribution < 1.29 is 9.90 Å². The standard InChI is InChI=1S/C25H20N2O2/c1-17(18-11-13-20(14-12-18)19-7-3-2-4-8-19)26-27-25(29)23-15-21-9-5-6-10-22(21)16-24(23)28/h2-16,28H,1H3,(H,27,29)/b26-17+. The lowest BCUT2D eigenvalue weighted by molar-refractivity contribution is 0.0952. The summed E-state index contributed by atoms with van der Waals surface area (Å²) in [6, 6.07) is 28.9. The third-order valence-corrected chi connectivity index (χ3v) is 4.84. The van der Waals surface area contributed by atoms with Gasteiger partial charge in [-0.1, -0.05) is 78.9 Å². The number of benzene rings is 4. The molecule has 0 saturated carbocycles. The minimum atomic E-state index is -0.450. The number of phenolic OH excluding ortho intramolecular Hbond substituents is 1. The molecule has 0 aliphatic carbocycles. The minimum absolute atomic E-state index is 0.0683. The van der Waals surface area contributed by atoms with Crippen LogP contribution in [0, 0.1) is 0 Å². The normalized spacial score (nSPS) is 11.4. The lowest BCUT2D eigenvalue weighted by atomic mass is 10.0. The molecule has 0 aromatic heterocycles. The summed E-state index contributed by atoms with van der Waals surface area (Å²) in [6.07, 6.45) is 0. The van der Waals surface area contributed by atoms with Gasteiger partial charge in [-0.25, -0.2) is 5.43 Å². The number of nitrogens with zero attached hydrogens (tertiary/aromatic N) is 1. The van der Waals surface area contributed by atoms with E-state index in [9.17, 15) is 9.90 Å². The van der Waals surface area contributed by atoms with E-state index >= 15 is 0 Å². The molecule has 0 radical (unpaired) electrons. The summed E-state index contributed by atoms with van der Waals surface area (Å²) in [7, 11) is 0. The molecule has 29 heavy (non-hydrogen) atoms. The summed E-state index contributed by atoms with van der Waals surface area (Å²) in [6.45, 7) is 1.83. The average Bonchev–Trinajstić information content (AvgIpc) is 2.77. The molecule has 0 aliphatic heterocycles. The van der Waals surface area contributed by atoms with Crippen molar-refractivity contribution in [1.29, 1.82) is 0 Å². The molecule has 0 heterocycles. The number of nitrogens with one attached hydrogen (secondary N) is 1. The van der Waals surface area contributed by atoms with E-state index in [-0.39, 0.29) is 11.3 Å². The van der Waals surface area contributed by atoms with Crippen molar-refractivity contribution in [3.63, 3.8) is 0 Å². The van der Waals surface area contributed by atoms with Crippen molar-refractivity contribution >= 4 is 22.4 Å². The van der Waals surface area contributed by atoms with Crippen molar-refractivity contribution in [3.8, 4) is 16.9 Å². The highest BCUT2D eigenvalue weighted by Gasteiger charge is 2.12. The van der Waals surface area contributed by atoms with E-state index in [1.165, 1.54) is 0 Å². The molecule has 0 saturated heterocycles.